The number of aliphatic carboxylic acids is 1. The molecule has 0 spiro atoms. The number of aliphatic hydroxyl groups is 3. The molecule has 4 atom stereocenters. The zero-order chi connectivity index (χ0) is 10.2. The van der Waals surface area contributed by atoms with Gasteiger partial charge in [0, 0.05) is 0 Å². The molecule has 74 valence electrons. The first-order valence-corrected chi connectivity index (χ1v) is 3.40. The second kappa shape index (κ2) is 3.29. The smallest absolute Gasteiger partial charge is 0.338 e. The van der Waals surface area contributed by atoms with Crippen molar-refractivity contribution in [3.8, 4) is 0 Å². The van der Waals surface area contributed by atoms with E-state index in [1.165, 1.54) is 0 Å². The summed E-state index contributed by atoms with van der Waals surface area (Å²) in [6, 6.07) is 0. The number of cyclic esters (lactones) is 1. The summed E-state index contributed by atoms with van der Waals surface area (Å²) in [5.41, 5.74) is 0. The van der Waals surface area contributed by atoms with Crippen molar-refractivity contribution in [3.05, 3.63) is 0 Å². The van der Waals surface area contributed by atoms with Gasteiger partial charge in [0.1, 0.15) is 12.2 Å². The predicted molar refractivity (Wildman–Crippen MR) is 32.9 cm³/mol. The van der Waals surface area contributed by atoms with Crippen LogP contribution < -0.4 is 5.11 Å². The van der Waals surface area contributed by atoms with Gasteiger partial charge in [-0.3, -0.25) is 0 Å². The lowest BCUT2D eigenvalue weighted by Gasteiger charge is -2.34. The minimum atomic E-state index is -1.94. The van der Waals surface area contributed by atoms with Crippen LogP contribution in [0.3, 0.4) is 0 Å². The topological polar surface area (TPSA) is 127 Å². The molecular weight excluding hydrogens is 184 g/mol. The van der Waals surface area contributed by atoms with Crippen LogP contribution >= 0.6 is 0 Å². The first-order chi connectivity index (χ1) is 5.95. The van der Waals surface area contributed by atoms with Crippen molar-refractivity contribution in [1.82, 2.24) is 0 Å². The van der Waals surface area contributed by atoms with Gasteiger partial charge in [0.25, 0.3) is 0 Å². The Morgan fingerprint density at radius 1 is 1.31 bits per heavy atom. The quantitative estimate of drug-likeness (QED) is 0.358. The normalized spacial score (nSPS) is 39.8. The Balaban J connectivity index is 2.82. The molecule has 7 nitrogen and oxygen atoms in total. The zero-order valence-electron chi connectivity index (χ0n) is 6.28. The highest BCUT2D eigenvalue weighted by atomic mass is 16.6. The number of carboxylic acids is 1. The van der Waals surface area contributed by atoms with E-state index in [4.69, 9.17) is 15.3 Å². The Labute approximate surface area is 72.2 Å². The molecule has 13 heavy (non-hydrogen) atoms. The summed E-state index contributed by atoms with van der Waals surface area (Å²) in [7, 11) is 0. The second-order valence-corrected chi connectivity index (χ2v) is 2.60. The molecule has 0 radical (unpaired) electrons. The number of rotatable bonds is 1. The molecule has 0 unspecified atom stereocenters. The third-order valence-corrected chi connectivity index (χ3v) is 1.70. The van der Waals surface area contributed by atoms with Crippen LogP contribution in [0.1, 0.15) is 0 Å². The van der Waals surface area contributed by atoms with Crippen LogP contribution in [-0.2, 0) is 14.3 Å². The molecule has 0 aromatic heterocycles. The molecule has 1 saturated heterocycles. The molecule has 0 saturated carbocycles. The molecule has 1 heterocycles. The van der Waals surface area contributed by atoms with Gasteiger partial charge in [-0.1, -0.05) is 0 Å². The molecule has 0 aromatic carbocycles. The van der Waals surface area contributed by atoms with Gasteiger partial charge in [-0.2, -0.15) is 0 Å². The van der Waals surface area contributed by atoms with Crippen molar-refractivity contribution in [3.63, 3.8) is 0 Å². The lowest BCUT2D eigenvalue weighted by atomic mass is 10.00. The number of carboxylic acid groups (broad SMARTS) is 1. The van der Waals surface area contributed by atoms with E-state index >= 15 is 0 Å². The van der Waals surface area contributed by atoms with Crippen molar-refractivity contribution in [2.24, 2.45) is 0 Å². The van der Waals surface area contributed by atoms with E-state index in [2.05, 4.69) is 4.74 Å². The van der Waals surface area contributed by atoms with E-state index in [0.29, 0.717) is 0 Å². The van der Waals surface area contributed by atoms with E-state index in [1.807, 2.05) is 0 Å². The summed E-state index contributed by atoms with van der Waals surface area (Å²) in [5, 5.41) is 37.0. The SMILES string of the molecule is O=C([O-])[C@H]1OC(=O)[C@H](O)[C@@H](O)[C@@H]1O. The van der Waals surface area contributed by atoms with Crippen LogP contribution in [-0.4, -0.2) is 51.7 Å². The Kier molecular flexibility index (Phi) is 2.50. The average Bonchev–Trinajstić information content (AvgIpc) is 2.07. The molecule has 0 aliphatic carbocycles. The molecule has 0 aromatic rings. The summed E-state index contributed by atoms with van der Waals surface area (Å²) in [4.78, 5) is 20.9. The number of hydrogen-bond donors (Lipinski definition) is 3. The fraction of sp³-hybridized carbons (Fsp3) is 0.667. The first-order valence-electron chi connectivity index (χ1n) is 3.40. The van der Waals surface area contributed by atoms with Crippen molar-refractivity contribution >= 4 is 11.9 Å². The Hall–Kier alpha value is -1.18. The van der Waals surface area contributed by atoms with Gasteiger partial charge < -0.3 is 30.0 Å². The van der Waals surface area contributed by atoms with Crippen molar-refractivity contribution in [2.45, 2.75) is 24.4 Å². The monoisotopic (exact) mass is 191 g/mol. The lowest BCUT2D eigenvalue weighted by molar-refractivity contribution is -0.324. The Bertz CT molecular complexity index is 237. The van der Waals surface area contributed by atoms with Crippen LogP contribution in [0.4, 0.5) is 0 Å². The average molecular weight is 191 g/mol. The minimum absolute atomic E-state index is 1.30. The highest BCUT2D eigenvalue weighted by Crippen LogP contribution is 2.15. The van der Waals surface area contributed by atoms with Gasteiger partial charge in [-0.05, 0) is 0 Å². The number of aliphatic hydroxyl groups excluding tert-OH is 3. The zero-order valence-corrected chi connectivity index (χ0v) is 6.28. The highest BCUT2D eigenvalue weighted by molar-refractivity contribution is 5.82. The number of hydrogen-bond acceptors (Lipinski definition) is 7. The maximum atomic E-state index is 10.6. The Morgan fingerprint density at radius 2 is 1.85 bits per heavy atom. The predicted octanol–water partition coefficient (Wildman–Crippen LogP) is -4.26. The molecule has 0 amide bonds. The standard InChI is InChI=1S/C6H8O7/c7-1-2(8)4(5(10)11)13-6(12)3(1)9/h1-4,7-9H,(H,10,11)/p-1/t1-,2-,3+,4-/m0/s1. The molecule has 0 bridgehead atoms. The van der Waals surface area contributed by atoms with Crippen LogP contribution in [0.2, 0.25) is 0 Å². The minimum Gasteiger partial charge on any atom is -0.546 e. The maximum Gasteiger partial charge on any atom is 0.338 e. The van der Waals surface area contributed by atoms with E-state index in [0.717, 1.165) is 0 Å². The summed E-state index contributed by atoms with van der Waals surface area (Å²) in [6.07, 6.45) is -7.61. The van der Waals surface area contributed by atoms with Crippen molar-refractivity contribution in [2.75, 3.05) is 0 Å². The summed E-state index contributed by atoms with van der Waals surface area (Å²) >= 11 is 0. The summed E-state index contributed by atoms with van der Waals surface area (Å²) in [5.74, 6) is -3.13. The van der Waals surface area contributed by atoms with Crippen molar-refractivity contribution in [1.29, 1.82) is 0 Å². The molecular formula is C6H7O7-. The summed E-state index contributed by atoms with van der Waals surface area (Å²) < 4.78 is 4.08. The highest BCUT2D eigenvalue weighted by Gasteiger charge is 2.44. The van der Waals surface area contributed by atoms with Gasteiger partial charge in [-0.25, -0.2) is 4.79 Å². The van der Waals surface area contributed by atoms with Gasteiger partial charge in [0.2, 0.25) is 0 Å². The number of carbonyl (C=O) groups excluding carboxylic acids is 2. The van der Waals surface area contributed by atoms with Gasteiger partial charge in [-0.15, -0.1) is 0 Å². The van der Waals surface area contributed by atoms with E-state index in [-0.39, 0.29) is 0 Å². The van der Waals surface area contributed by atoms with E-state index in [9.17, 15) is 14.7 Å². The lowest BCUT2D eigenvalue weighted by Crippen LogP contribution is -2.60. The maximum absolute atomic E-state index is 10.6. The molecule has 3 N–H and O–H groups in total. The number of ether oxygens (including phenoxy) is 1. The van der Waals surface area contributed by atoms with Crippen LogP contribution in [0, 0.1) is 0 Å². The van der Waals surface area contributed by atoms with Gasteiger partial charge >= 0.3 is 5.97 Å². The molecule has 1 aliphatic heterocycles. The van der Waals surface area contributed by atoms with Crippen molar-refractivity contribution < 1.29 is 34.8 Å². The third kappa shape index (κ3) is 1.62. The van der Waals surface area contributed by atoms with Gasteiger partial charge in [0.05, 0.1) is 5.97 Å². The van der Waals surface area contributed by atoms with Crippen LogP contribution in [0.25, 0.3) is 0 Å². The fourth-order valence-electron chi connectivity index (χ4n) is 0.957. The molecule has 1 rings (SSSR count). The van der Waals surface area contributed by atoms with Gasteiger partial charge in [0.15, 0.2) is 12.2 Å². The summed E-state index contributed by atoms with van der Waals surface area (Å²) in [6.45, 7) is 0. The molecule has 1 fully saturated rings. The van der Waals surface area contributed by atoms with E-state index in [1.54, 1.807) is 0 Å². The van der Waals surface area contributed by atoms with E-state index < -0.39 is 36.4 Å². The van der Waals surface area contributed by atoms with Crippen LogP contribution in [0.5, 0.6) is 0 Å². The third-order valence-electron chi connectivity index (χ3n) is 1.70. The number of carbonyl (C=O) groups is 2. The largest absolute Gasteiger partial charge is 0.546 e. The second-order valence-electron chi connectivity index (χ2n) is 2.60. The Morgan fingerprint density at radius 3 is 2.31 bits per heavy atom. The first kappa shape index (κ1) is 9.90. The molecule has 1 aliphatic rings. The van der Waals surface area contributed by atoms with Crippen LogP contribution in [0.15, 0.2) is 0 Å². The fourth-order valence-corrected chi connectivity index (χ4v) is 0.957. The number of esters is 1. The molecule has 7 heteroatoms.